The molecule has 2 N–H and O–H groups in total. The van der Waals surface area contributed by atoms with E-state index in [9.17, 15) is 0 Å². The van der Waals surface area contributed by atoms with Crippen molar-refractivity contribution in [1.29, 1.82) is 0 Å². The summed E-state index contributed by atoms with van der Waals surface area (Å²) in [6.07, 6.45) is 2.20. The Hall–Kier alpha value is -0.820. The molecule has 0 aromatic heterocycles. The predicted octanol–water partition coefficient (Wildman–Crippen LogP) is 3.82. The Kier molecular flexibility index (Phi) is 5.01. The first-order chi connectivity index (χ1) is 7.56. The van der Waals surface area contributed by atoms with Gasteiger partial charge >= 0.3 is 0 Å². The lowest BCUT2D eigenvalue weighted by Gasteiger charge is -2.16. The van der Waals surface area contributed by atoms with E-state index in [2.05, 4.69) is 45.9 Å². The van der Waals surface area contributed by atoms with Crippen LogP contribution in [0.1, 0.15) is 62.6 Å². The molecule has 0 bridgehead atoms. The minimum Gasteiger partial charge on any atom is -0.330 e. The molecular weight excluding hydrogens is 194 g/mol. The van der Waals surface area contributed by atoms with E-state index in [1.54, 1.807) is 0 Å². The highest BCUT2D eigenvalue weighted by molar-refractivity contribution is 5.35. The SMILES string of the molecule is CC(C)c1ccc(C(C)C)c(CCCN)c1. The Balaban J connectivity index is 3.01. The van der Waals surface area contributed by atoms with E-state index in [4.69, 9.17) is 5.73 Å². The second-order valence-corrected chi connectivity index (χ2v) is 5.16. The molecule has 0 saturated carbocycles. The van der Waals surface area contributed by atoms with Crippen molar-refractivity contribution in [2.45, 2.75) is 52.4 Å². The number of hydrogen-bond acceptors (Lipinski definition) is 1. The number of benzene rings is 1. The monoisotopic (exact) mass is 219 g/mol. The van der Waals surface area contributed by atoms with E-state index < -0.39 is 0 Å². The molecule has 0 atom stereocenters. The largest absolute Gasteiger partial charge is 0.330 e. The van der Waals surface area contributed by atoms with Crippen LogP contribution in [-0.4, -0.2) is 6.54 Å². The highest BCUT2D eigenvalue weighted by Gasteiger charge is 2.08. The molecule has 1 aromatic rings. The average molecular weight is 219 g/mol. The molecule has 0 fully saturated rings. The number of nitrogens with two attached hydrogens (primary N) is 1. The summed E-state index contributed by atoms with van der Waals surface area (Å²) in [7, 11) is 0. The minimum atomic E-state index is 0.606. The molecule has 90 valence electrons. The molecule has 0 saturated heterocycles. The van der Waals surface area contributed by atoms with Crippen LogP contribution in [0.2, 0.25) is 0 Å². The Morgan fingerprint density at radius 2 is 1.75 bits per heavy atom. The van der Waals surface area contributed by atoms with Gasteiger partial charge in [-0.1, -0.05) is 45.9 Å². The van der Waals surface area contributed by atoms with E-state index in [1.807, 2.05) is 0 Å². The van der Waals surface area contributed by atoms with Crippen molar-refractivity contribution in [3.8, 4) is 0 Å². The van der Waals surface area contributed by atoms with Crippen LogP contribution in [-0.2, 0) is 6.42 Å². The second kappa shape index (κ2) is 6.05. The lowest BCUT2D eigenvalue weighted by atomic mass is 9.90. The highest BCUT2D eigenvalue weighted by Crippen LogP contribution is 2.25. The summed E-state index contributed by atoms with van der Waals surface area (Å²) < 4.78 is 0. The summed E-state index contributed by atoms with van der Waals surface area (Å²) in [5, 5.41) is 0. The van der Waals surface area contributed by atoms with Crippen molar-refractivity contribution >= 4 is 0 Å². The van der Waals surface area contributed by atoms with Crippen LogP contribution < -0.4 is 5.73 Å². The Labute approximate surface area is 100 Å². The van der Waals surface area contributed by atoms with Gasteiger partial charge in [0.05, 0.1) is 0 Å². The molecule has 0 spiro atoms. The molecule has 16 heavy (non-hydrogen) atoms. The standard InChI is InChI=1S/C15H25N/c1-11(2)13-7-8-15(12(3)4)14(10-13)6-5-9-16/h7-8,10-12H,5-6,9,16H2,1-4H3. The summed E-state index contributed by atoms with van der Waals surface area (Å²) in [6, 6.07) is 6.94. The van der Waals surface area contributed by atoms with Crippen molar-refractivity contribution in [3.63, 3.8) is 0 Å². The minimum absolute atomic E-state index is 0.606. The number of hydrogen-bond donors (Lipinski definition) is 1. The van der Waals surface area contributed by atoms with Gasteiger partial charge in [-0.15, -0.1) is 0 Å². The van der Waals surface area contributed by atoms with Crippen LogP contribution in [0.3, 0.4) is 0 Å². The van der Waals surface area contributed by atoms with Gasteiger partial charge < -0.3 is 5.73 Å². The van der Waals surface area contributed by atoms with Crippen molar-refractivity contribution in [3.05, 3.63) is 34.9 Å². The molecule has 0 unspecified atom stereocenters. The van der Waals surface area contributed by atoms with E-state index in [0.29, 0.717) is 11.8 Å². The van der Waals surface area contributed by atoms with E-state index in [1.165, 1.54) is 16.7 Å². The lowest BCUT2D eigenvalue weighted by molar-refractivity contribution is 0.781. The molecule has 1 rings (SSSR count). The lowest BCUT2D eigenvalue weighted by Crippen LogP contribution is -2.04. The van der Waals surface area contributed by atoms with Crippen molar-refractivity contribution in [2.24, 2.45) is 5.73 Å². The van der Waals surface area contributed by atoms with Gasteiger partial charge in [-0.3, -0.25) is 0 Å². The molecule has 0 aliphatic carbocycles. The molecule has 1 heteroatoms. The van der Waals surface area contributed by atoms with Crippen molar-refractivity contribution in [1.82, 2.24) is 0 Å². The fourth-order valence-corrected chi connectivity index (χ4v) is 2.06. The van der Waals surface area contributed by atoms with Crippen molar-refractivity contribution < 1.29 is 0 Å². The molecule has 0 amide bonds. The zero-order valence-corrected chi connectivity index (χ0v) is 11.1. The highest BCUT2D eigenvalue weighted by atomic mass is 14.5. The van der Waals surface area contributed by atoms with Gasteiger partial charge in [-0.2, -0.15) is 0 Å². The molecule has 0 heterocycles. The number of aryl methyl sites for hydroxylation is 1. The predicted molar refractivity (Wildman–Crippen MR) is 72.0 cm³/mol. The third-order valence-corrected chi connectivity index (χ3v) is 3.11. The average Bonchev–Trinajstić information content (AvgIpc) is 2.25. The van der Waals surface area contributed by atoms with E-state index in [0.717, 1.165) is 19.4 Å². The summed E-state index contributed by atoms with van der Waals surface area (Å²) in [5.74, 6) is 1.21. The van der Waals surface area contributed by atoms with Gasteiger partial charge in [0.15, 0.2) is 0 Å². The van der Waals surface area contributed by atoms with Crippen molar-refractivity contribution in [2.75, 3.05) is 6.54 Å². The summed E-state index contributed by atoms with van der Waals surface area (Å²) in [4.78, 5) is 0. The van der Waals surface area contributed by atoms with Crippen LogP contribution in [0, 0.1) is 0 Å². The third kappa shape index (κ3) is 3.34. The molecule has 1 aromatic carbocycles. The molecular formula is C15H25N. The topological polar surface area (TPSA) is 26.0 Å². The smallest absolute Gasteiger partial charge is 0.00741 e. The van der Waals surface area contributed by atoms with Gasteiger partial charge in [0, 0.05) is 0 Å². The Morgan fingerprint density at radius 1 is 1.06 bits per heavy atom. The summed E-state index contributed by atoms with van der Waals surface area (Å²) >= 11 is 0. The van der Waals surface area contributed by atoms with Gasteiger partial charge in [0.1, 0.15) is 0 Å². The Bertz CT molecular complexity index is 326. The molecule has 1 nitrogen and oxygen atoms in total. The van der Waals surface area contributed by atoms with Crippen LogP contribution in [0.15, 0.2) is 18.2 Å². The zero-order valence-electron chi connectivity index (χ0n) is 11.1. The maximum atomic E-state index is 5.60. The van der Waals surface area contributed by atoms with E-state index >= 15 is 0 Å². The van der Waals surface area contributed by atoms with E-state index in [-0.39, 0.29) is 0 Å². The molecule has 0 radical (unpaired) electrons. The Morgan fingerprint density at radius 3 is 2.25 bits per heavy atom. The second-order valence-electron chi connectivity index (χ2n) is 5.16. The van der Waals surface area contributed by atoms with Gasteiger partial charge in [0.25, 0.3) is 0 Å². The van der Waals surface area contributed by atoms with Gasteiger partial charge in [-0.25, -0.2) is 0 Å². The number of rotatable bonds is 5. The fraction of sp³-hybridized carbons (Fsp3) is 0.600. The first kappa shape index (κ1) is 13.2. The van der Waals surface area contributed by atoms with Crippen LogP contribution >= 0.6 is 0 Å². The normalized spacial score (nSPS) is 11.4. The maximum absolute atomic E-state index is 5.60. The van der Waals surface area contributed by atoms with Crippen LogP contribution in [0.25, 0.3) is 0 Å². The van der Waals surface area contributed by atoms with Gasteiger partial charge in [0.2, 0.25) is 0 Å². The first-order valence-corrected chi connectivity index (χ1v) is 6.39. The summed E-state index contributed by atoms with van der Waals surface area (Å²) in [6.45, 7) is 9.80. The first-order valence-electron chi connectivity index (χ1n) is 6.39. The quantitative estimate of drug-likeness (QED) is 0.800. The van der Waals surface area contributed by atoms with Gasteiger partial charge in [-0.05, 0) is 47.9 Å². The maximum Gasteiger partial charge on any atom is -0.00741 e. The van der Waals surface area contributed by atoms with Crippen LogP contribution in [0.4, 0.5) is 0 Å². The zero-order chi connectivity index (χ0) is 12.1. The van der Waals surface area contributed by atoms with Crippen LogP contribution in [0.5, 0.6) is 0 Å². The fourth-order valence-electron chi connectivity index (χ4n) is 2.06. The third-order valence-electron chi connectivity index (χ3n) is 3.11. The molecule has 0 aliphatic rings. The molecule has 0 aliphatic heterocycles. The summed E-state index contributed by atoms with van der Waals surface area (Å²) in [5.41, 5.74) is 10.0.